The summed E-state index contributed by atoms with van der Waals surface area (Å²) in [4.78, 5) is 25.7. The van der Waals surface area contributed by atoms with Crippen LogP contribution in [0.2, 0.25) is 0 Å². The lowest BCUT2D eigenvalue weighted by atomic mass is 10.1. The molecule has 1 aromatic rings. The van der Waals surface area contributed by atoms with Gasteiger partial charge in [0.25, 0.3) is 5.91 Å². The van der Waals surface area contributed by atoms with Crippen LogP contribution >= 0.6 is 0 Å². The van der Waals surface area contributed by atoms with Crippen molar-refractivity contribution in [2.75, 3.05) is 20.1 Å². The number of nitrogens with zero attached hydrogens (tertiary/aromatic N) is 2. The van der Waals surface area contributed by atoms with E-state index in [1.165, 1.54) is 7.05 Å². The van der Waals surface area contributed by atoms with E-state index in [2.05, 4.69) is 0 Å². The van der Waals surface area contributed by atoms with Gasteiger partial charge >= 0.3 is 6.18 Å². The summed E-state index contributed by atoms with van der Waals surface area (Å²) in [5.41, 5.74) is -0.187. The zero-order valence-electron chi connectivity index (χ0n) is 12.0. The van der Waals surface area contributed by atoms with Gasteiger partial charge in [-0.15, -0.1) is 0 Å². The molecule has 2 amide bonds. The number of carbonyl (C=O) groups is 2. The Hall–Kier alpha value is -2.19. The van der Waals surface area contributed by atoms with Crippen molar-refractivity contribution in [3.8, 4) is 0 Å². The Bertz CT molecular complexity index is 632. The molecule has 126 valence electrons. The third kappa shape index (κ3) is 3.77. The molecule has 0 N–H and O–H groups in total. The Morgan fingerprint density at radius 2 is 1.96 bits per heavy atom. The molecule has 4 nitrogen and oxygen atoms in total. The topological polar surface area (TPSA) is 40.6 Å². The first kappa shape index (κ1) is 17.2. The van der Waals surface area contributed by atoms with Crippen LogP contribution in [0.15, 0.2) is 18.2 Å². The van der Waals surface area contributed by atoms with Crippen LogP contribution in [-0.4, -0.2) is 54.0 Å². The molecule has 1 heterocycles. The van der Waals surface area contributed by atoms with Gasteiger partial charge in [0.15, 0.2) is 11.6 Å². The normalized spacial score (nSPS) is 18.4. The minimum Gasteiger partial charge on any atom is -0.332 e. The lowest BCUT2D eigenvalue weighted by Gasteiger charge is -2.24. The average molecular weight is 336 g/mol. The van der Waals surface area contributed by atoms with Gasteiger partial charge in [0.2, 0.25) is 5.91 Å². The number of likely N-dealkylation sites (tertiary alicyclic amines) is 1. The summed E-state index contributed by atoms with van der Waals surface area (Å²) in [6.07, 6.45) is -4.48. The average Bonchev–Trinajstić information content (AvgIpc) is 2.80. The van der Waals surface area contributed by atoms with E-state index in [0.29, 0.717) is 11.0 Å². The Balaban J connectivity index is 2.11. The van der Waals surface area contributed by atoms with Gasteiger partial charge in [-0.2, -0.15) is 13.2 Å². The van der Waals surface area contributed by atoms with Crippen molar-refractivity contribution in [2.45, 2.75) is 18.6 Å². The fourth-order valence-electron chi connectivity index (χ4n) is 2.43. The molecule has 0 radical (unpaired) electrons. The predicted molar refractivity (Wildman–Crippen MR) is 69.5 cm³/mol. The van der Waals surface area contributed by atoms with Crippen LogP contribution in [0.5, 0.6) is 0 Å². The van der Waals surface area contributed by atoms with Gasteiger partial charge in [-0.3, -0.25) is 9.59 Å². The second-order valence-electron chi connectivity index (χ2n) is 5.22. The van der Waals surface area contributed by atoms with Crippen LogP contribution in [0.3, 0.4) is 0 Å². The van der Waals surface area contributed by atoms with E-state index in [1.807, 2.05) is 0 Å². The number of carbonyl (C=O) groups excluding carboxylic acids is 2. The summed E-state index contributed by atoms with van der Waals surface area (Å²) in [5.74, 6) is -3.94. The minimum absolute atomic E-state index is 0.0425. The Morgan fingerprint density at radius 3 is 2.52 bits per heavy atom. The SMILES string of the molecule is CN(C(=O)c1ccc(F)c(F)c1)[C@H]1CCN(CC(F)(F)F)C1=O. The second kappa shape index (κ2) is 6.13. The van der Waals surface area contributed by atoms with Crippen molar-refractivity contribution >= 4 is 11.8 Å². The first-order valence-corrected chi connectivity index (χ1v) is 6.68. The molecular weight excluding hydrogens is 323 g/mol. The Kier molecular flexibility index (Phi) is 4.58. The van der Waals surface area contributed by atoms with Gasteiger partial charge in [0, 0.05) is 19.2 Å². The van der Waals surface area contributed by atoms with Gasteiger partial charge in [0.05, 0.1) is 0 Å². The fourth-order valence-corrected chi connectivity index (χ4v) is 2.43. The van der Waals surface area contributed by atoms with Crippen molar-refractivity contribution in [1.82, 2.24) is 9.80 Å². The third-order valence-electron chi connectivity index (χ3n) is 3.59. The van der Waals surface area contributed by atoms with E-state index in [0.717, 1.165) is 17.0 Å². The van der Waals surface area contributed by atoms with Crippen molar-refractivity contribution in [1.29, 1.82) is 0 Å². The zero-order chi connectivity index (χ0) is 17.4. The molecule has 0 saturated carbocycles. The number of hydrogen-bond acceptors (Lipinski definition) is 2. The molecule has 1 atom stereocenters. The highest BCUT2D eigenvalue weighted by Crippen LogP contribution is 2.24. The number of hydrogen-bond donors (Lipinski definition) is 0. The number of benzene rings is 1. The van der Waals surface area contributed by atoms with Crippen LogP contribution in [0.1, 0.15) is 16.8 Å². The van der Waals surface area contributed by atoms with E-state index in [4.69, 9.17) is 0 Å². The smallest absolute Gasteiger partial charge is 0.332 e. The highest BCUT2D eigenvalue weighted by molar-refractivity contribution is 5.97. The summed E-state index contributed by atoms with van der Waals surface area (Å²) in [5, 5.41) is 0. The highest BCUT2D eigenvalue weighted by Gasteiger charge is 2.41. The maximum Gasteiger partial charge on any atom is 0.406 e. The number of rotatable bonds is 3. The van der Waals surface area contributed by atoms with Gasteiger partial charge in [-0.25, -0.2) is 8.78 Å². The molecule has 1 fully saturated rings. The summed E-state index contributed by atoms with van der Waals surface area (Å²) >= 11 is 0. The molecule has 0 bridgehead atoms. The van der Waals surface area contributed by atoms with Gasteiger partial charge in [-0.1, -0.05) is 0 Å². The number of halogens is 5. The molecule has 1 aliphatic heterocycles. The fraction of sp³-hybridized carbons (Fsp3) is 0.429. The standard InChI is InChI=1S/C14H13F5N2O2/c1-20(12(22)8-2-3-9(15)10(16)6-8)11-4-5-21(13(11)23)7-14(17,18)19/h2-3,6,11H,4-5,7H2,1H3/t11-/m0/s1. The van der Waals surface area contributed by atoms with Crippen LogP contribution in [-0.2, 0) is 4.79 Å². The van der Waals surface area contributed by atoms with Crippen LogP contribution in [0.4, 0.5) is 22.0 Å². The molecule has 9 heteroatoms. The molecule has 1 aliphatic rings. The van der Waals surface area contributed by atoms with E-state index in [1.54, 1.807) is 0 Å². The molecule has 0 spiro atoms. The van der Waals surface area contributed by atoms with E-state index < -0.39 is 42.2 Å². The van der Waals surface area contributed by atoms with E-state index in [9.17, 15) is 31.5 Å². The summed E-state index contributed by atoms with van der Waals surface area (Å²) < 4.78 is 63.1. The quantitative estimate of drug-likeness (QED) is 0.794. The summed E-state index contributed by atoms with van der Waals surface area (Å²) in [7, 11) is 1.24. The maximum atomic E-state index is 13.2. The molecule has 0 aromatic heterocycles. The lowest BCUT2D eigenvalue weighted by Crippen LogP contribution is -2.44. The van der Waals surface area contributed by atoms with Crippen molar-refractivity contribution < 1.29 is 31.5 Å². The van der Waals surface area contributed by atoms with Gasteiger partial charge < -0.3 is 9.80 Å². The molecule has 1 aromatic carbocycles. The molecule has 0 aliphatic carbocycles. The zero-order valence-corrected chi connectivity index (χ0v) is 12.0. The third-order valence-corrected chi connectivity index (χ3v) is 3.59. The van der Waals surface area contributed by atoms with Crippen LogP contribution < -0.4 is 0 Å². The summed E-state index contributed by atoms with van der Waals surface area (Å²) in [6, 6.07) is 1.44. The monoisotopic (exact) mass is 336 g/mol. The van der Waals surface area contributed by atoms with Crippen molar-refractivity contribution in [3.63, 3.8) is 0 Å². The first-order valence-electron chi connectivity index (χ1n) is 6.68. The number of alkyl halides is 3. The lowest BCUT2D eigenvalue weighted by molar-refractivity contribution is -0.158. The second-order valence-corrected chi connectivity index (χ2v) is 5.22. The summed E-state index contributed by atoms with van der Waals surface area (Å²) in [6.45, 7) is -1.51. The van der Waals surface area contributed by atoms with Crippen LogP contribution in [0.25, 0.3) is 0 Å². The van der Waals surface area contributed by atoms with Gasteiger partial charge in [0.1, 0.15) is 12.6 Å². The van der Waals surface area contributed by atoms with E-state index in [-0.39, 0.29) is 18.5 Å². The largest absolute Gasteiger partial charge is 0.406 e. The van der Waals surface area contributed by atoms with Crippen molar-refractivity contribution in [2.24, 2.45) is 0 Å². The molecule has 0 unspecified atom stereocenters. The number of amides is 2. The number of likely N-dealkylation sites (N-methyl/N-ethyl adjacent to an activating group) is 1. The van der Waals surface area contributed by atoms with Gasteiger partial charge in [-0.05, 0) is 24.6 Å². The maximum absolute atomic E-state index is 13.2. The molecule has 1 saturated heterocycles. The first-order chi connectivity index (χ1) is 10.6. The highest BCUT2D eigenvalue weighted by atomic mass is 19.4. The Morgan fingerprint density at radius 1 is 1.30 bits per heavy atom. The van der Waals surface area contributed by atoms with Crippen molar-refractivity contribution in [3.05, 3.63) is 35.4 Å². The van der Waals surface area contributed by atoms with Crippen LogP contribution in [0, 0.1) is 11.6 Å². The minimum atomic E-state index is -4.52. The molecular formula is C14H13F5N2O2. The Labute approximate surface area is 128 Å². The molecule has 23 heavy (non-hydrogen) atoms. The molecule has 2 rings (SSSR count). The predicted octanol–water partition coefficient (Wildman–Crippen LogP) is 2.20. The van der Waals surface area contributed by atoms with E-state index >= 15 is 0 Å².